The number of nitrogens with zero attached hydrogens (tertiary/aromatic N) is 1. The summed E-state index contributed by atoms with van der Waals surface area (Å²) in [5.74, 6) is 0. The van der Waals surface area contributed by atoms with Crippen LogP contribution in [0.25, 0.3) is 0 Å². The third kappa shape index (κ3) is 3.44. The topological polar surface area (TPSA) is 23.5 Å². The van der Waals surface area contributed by atoms with Crippen LogP contribution < -0.4 is 4.90 Å². The van der Waals surface area contributed by atoms with Crippen LogP contribution in [0.1, 0.15) is 45.8 Å². The minimum absolute atomic E-state index is 0.281. The van der Waals surface area contributed by atoms with Gasteiger partial charge in [0.05, 0.1) is 6.10 Å². The molecule has 1 heterocycles. The Balaban J connectivity index is 2.15. The van der Waals surface area contributed by atoms with Gasteiger partial charge in [-0.2, -0.15) is 0 Å². The molecule has 1 aromatic rings. The van der Waals surface area contributed by atoms with Gasteiger partial charge < -0.3 is 10.0 Å². The summed E-state index contributed by atoms with van der Waals surface area (Å²) in [6.45, 7) is 10.7. The predicted molar refractivity (Wildman–Crippen MR) is 89.1 cm³/mol. The van der Waals surface area contributed by atoms with Gasteiger partial charge in [-0.15, -0.1) is 0 Å². The second-order valence-electron chi connectivity index (χ2n) is 6.56. The van der Waals surface area contributed by atoms with Crippen LogP contribution in [0.4, 0.5) is 5.69 Å². The first-order chi connectivity index (χ1) is 9.29. The Bertz CT molecular complexity index is 514. The fraction of sp³-hybridized carbons (Fsp3) is 0.529. The molecule has 0 bridgehead atoms. The number of aliphatic hydroxyl groups is 1. The first kappa shape index (κ1) is 15.6. The maximum Gasteiger partial charge on any atom is 0.0772 e. The van der Waals surface area contributed by atoms with E-state index in [-0.39, 0.29) is 5.41 Å². The lowest BCUT2D eigenvalue weighted by molar-refractivity contribution is 0.198. The van der Waals surface area contributed by atoms with Crippen LogP contribution in [0, 0.1) is 5.41 Å². The van der Waals surface area contributed by atoms with Gasteiger partial charge in [-0.05, 0) is 36.5 Å². The van der Waals surface area contributed by atoms with Crippen molar-refractivity contribution in [3.05, 3.63) is 39.9 Å². The molecule has 20 heavy (non-hydrogen) atoms. The molecule has 0 radical (unpaired) electrons. The summed E-state index contributed by atoms with van der Waals surface area (Å²) in [5, 5.41) is 9.68. The van der Waals surface area contributed by atoms with Gasteiger partial charge in [0.1, 0.15) is 0 Å². The summed E-state index contributed by atoms with van der Waals surface area (Å²) in [7, 11) is 0. The van der Waals surface area contributed by atoms with Crippen molar-refractivity contribution in [2.75, 3.05) is 18.0 Å². The van der Waals surface area contributed by atoms with E-state index in [9.17, 15) is 5.11 Å². The minimum atomic E-state index is -0.438. The summed E-state index contributed by atoms with van der Waals surface area (Å²) >= 11 is 3.56. The molecule has 110 valence electrons. The summed E-state index contributed by atoms with van der Waals surface area (Å²) < 4.78 is 0.982. The van der Waals surface area contributed by atoms with Crippen LogP contribution in [-0.2, 0) is 0 Å². The van der Waals surface area contributed by atoms with Gasteiger partial charge in [-0.25, -0.2) is 0 Å². The van der Waals surface area contributed by atoms with Crippen LogP contribution in [0.15, 0.2) is 34.3 Å². The first-order valence-corrected chi connectivity index (χ1v) is 8.00. The molecule has 0 saturated carbocycles. The van der Waals surface area contributed by atoms with E-state index in [0.29, 0.717) is 0 Å². The van der Waals surface area contributed by atoms with Gasteiger partial charge >= 0.3 is 0 Å². The molecule has 1 N–H and O–H groups in total. The number of halogens is 1. The van der Waals surface area contributed by atoms with Crippen LogP contribution in [0.3, 0.4) is 0 Å². The van der Waals surface area contributed by atoms with E-state index in [1.807, 2.05) is 6.07 Å². The lowest BCUT2D eigenvalue weighted by Gasteiger charge is -2.33. The second kappa shape index (κ2) is 5.90. The van der Waals surface area contributed by atoms with Gasteiger partial charge in [0.2, 0.25) is 0 Å². The van der Waals surface area contributed by atoms with Gasteiger partial charge in [-0.3, -0.25) is 0 Å². The van der Waals surface area contributed by atoms with Crippen molar-refractivity contribution in [1.82, 2.24) is 0 Å². The molecule has 0 aliphatic carbocycles. The van der Waals surface area contributed by atoms with E-state index in [4.69, 9.17) is 0 Å². The SMILES string of the molecule is C[C@H](O)c1ccc(N2CC=C(C(C)(C)C)CC2)cc1Br. The van der Waals surface area contributed by atoms with E-state index in [1.165, 1.54) is 5.69 Å². The first-order valence-electron chi connectivity index (χ1n) is 7.21. The van der Waals surface area contributed by atoms with Crippen molar-refractivity contribution >= 4 is 21.6 Å². The quantitative estimate of drug-likeness (QED) is 0.791. The van der Waals surface area contributed by atoms with E-state index < -0.39 is 6.10 Å². The van der Waals surface area contributed by atoms with E-state index in [2.05, 4.69) is 59.8 Å². The Hall–Kier alpha value is -0.800. The largest absolute Gasteiger partial charge is 0.389 e. The molecule has 2 rings (SSSR count). The average Bonchev–Trinajstić information content (AvgIpc) is 2.37. The number of anilines is 1. The molecule has 2 nitrogen and oxygen atoms in total. The van der Waals surface area contributed by atoms with E-state index >= 15 is 0 Å². The molecule has 1 aliphatic rings. The zero-order chi connectivity index (χ0) is 14.9. The van der Waals surface area contributed by atoms with Gasteiger partial charge in [0, 0.05) is 23.2 Å². The van der Waals surface area contributed by atoms with Gasteiger partial charge in [0.25, 0.3) is 0 Å². The Kier molecular flexibility index (Phi) is 4.60. The highest BCUT2D eigenvalue weighted by Gasteiger charge is 2.21. The van der Waals surface area contributed by atoms with Crippen molar-refractivity contribution in [2.45, 2.75) is 40.2 Å². The Labute approximate surface area is 130 Å². The molecule has 1 aromatic carbocycles. The number of benzene rings is 1. The fourth-order valence-corrected chi connectivity index (χ4v) is 3.33. The van der Waals surface area contributed by atoms with Crippen molar-refractivity contribution < 1.29 is 5.11 Å². The van der Waals surface area contributed by atoms with Crippen molar-refractivity contribution in [3.8, 4) is 0 Å². The summed E-state index contributed by atoms with van der Waals surface area (Å²) in [6.07, 6.45) is 3.05. The molecule has 0 unspecified atom stereocenters. The highest BCUT2D eigenvalue weighted by atomic mass is 79.9. The Morgan fingerprint density at radius 3 is 2.45 bits per heavy atom. The maximum atomic E-state index is 9.68. The fourth-order valence-electron chi connectivity index (χ4n) is 2.64. The second-order valence-corrected chi connectivity index (χ2v) is 7.41. The zero-order valence-electron chi connectivity index (χ0n) is 12.8. The molecular formula is C17H24BrNO. The van der Waals surface area contributed by atoms with Crippen molar-refractivity contribution in [3.63, 3.8) is 0 Å². The lowest BCUT2D eigenvalue weighted by atomic mass is 9.83. The number of hydrogen-bond donors (Lipinski definition) is 1. The molecule has 1 aliphatic heterocycles. The Morgan fingerprint density at radius 2 is 2.00 bits per heavy atom. The molecular weight excluding hydrogens is 314 g/mol. The number of hydrogen-bond acceptors (Lipinski definition) is 2. The Morgan fingerprint density at radius 1 is 1.30 bits per heavy atom. The lowest BCUT2D eigenvalue weighted by Crippen LogP contribution is -2.31. The normalized spacial score (nSPS) is 17.9. The molecule has 3 heteroatoms. The van der Waals surface area contributed by atoms with Crippen molar-refractivity contribution in [2.24, 2.45) is 5.41 Å². The number of rotatable bonds is 2. The number of aliphatic hydroxyl groups excluding tert-OH is 1. The van der Waals surface area contributed by atoms with Crippen LogP contribution >= 0.6 is 15.9 Å². The maximum absolute atomic E-state index is 9.68. The molecule has 1 atom stereocenters. The van der Waals surface area contributed by atoms with E-state index in [1.54, 1.807) is 12.5 Å². The minimum Gasteiger partial charge on any atom is -0.389 e. The standard InChI is InChI=1S/C17H24BrNO/c1-12(20)15-6-5-14(11-16(15)18)19-9-7-13(8-10-19)17(2,3)4/h5-7,11-12,20H,8-10H2,1-4H3/t12-/m0/s1. The third-order valence-corrected chi connectivity index (χ3v) is 4.66. The van der Waals surface area contributed by atoms with Crippen LogP contribution in [0.5, 0.6) is 0 Å². The van der Waals surface area contributed by atoms with Gasteiger partial charge in [-0.1, -0.05) is 54.4 Å². The highest BCUT2D eigenvalue weighted by molar-refractivity contribution is 9.10. The summed E-state index contributed by atoms with van der Waals surface area (Å²) in [5.41, 5.74) is 3.98. The molecule has 0 spiro atoms. The monoisotopic (exact) mass is 337 g/mol. The molecule has 0 fully saturated rings. The predicted octanol–water partition coefficient (Wildman–Crippen LogP) is 4.69. The van der Waals surface area contributed by atoms with Crippen molar-refractivity contribution in [1.29, 1.82) is 0 Å². The summed E-state index contributed by atoms with van der Waals surface area (Å²) in [4.78, 5) is 2.38. The molecule has 0 aromatic heterocycles. The summed E-state index contributed by atoms with van der Waals surface area (Å²) in [6, 6.07) is 6.22. The molecule has 0 amide bonds. The third-order valence-electron chi connectivity index (χ3n) is 3.97. The smallest absolute Gasteiger partial charge is 0.0772 e. The van der Waals surface area contributed by atoms with Crippen LogP contribution in [0.2, 0.25) is 0 Å². The van der Waals surface area contributed by atoms with E-state index in [0.717, 1.165) is 29.5 Å². The molecule has 0 saturated heterocycles. The zero-order valence-corrected chi connectivity index (χ0v) is 14.4. The average molecular weight is 338 g/mol. The van der Waals surface area contributed by atoms with Gasteiger partial charge in [0.15, 0.2) is 0 Å². The highest BCUT2D eigenvalue weighted by Crippen LogP contribution is 2.33. The van der Waals surface area contributed by atoms with Crippen LogP contribution in [-0.4, -0.2) is 18.2 Å².